The summed E-state index contributed by atoms with van der Waals surface area (Å²) in [5.74, 6) is -0.791. The van der Waals surface area contributed by atoms with E-state index in [-0.39, 0.29) is 6.61 Å². The van der Waals surface area contributed by atoms with Gasteiger partial charge in [-0.25, -0.2) is 4.79 Å². The van der Waals surface area contributed by atoms with Crippen molar-refractivity contribution in [1.82, 2.24) is 0 Å². The highest BCUT2D eigenvalue weighted by Gasteiger charge is 2.35. The third kappa shape index (κ3) is 2.73. The van der Waals surface area contributed by atoms with Crippen LogP contribution in [-0.2, 0) is 14.3 Å². The number of carbonyl (C=O) groups is 1. The number of alkyl halides is 2. The Labute approximate surface area is 69.2 Å². The van der Waals surface area contributed by atoms with Crippen molar-refractivity contribution in [2.75, 3.05) is 13.7 Å². The van der Waals surface area contributed by atoms with Crippen molar-refractivity contribution in [2.45, 2.75) is 11.4 Å². The zero-order valence-electron chi connectivity index (χ0n) is 5.69. The van der Waals surface area contributed by atoms with Gasteiger partial charge in [-0.1, -0.05) is 23.2 Å². The lowest BCUT2D eigenvalue weighted by Crippen LogP contribution is -2.30. The molecule has 10 heavy (non-hydrogen) atoms. The first-order chi connectivity index (χ1) is 4.54. The minimum absolute atomic E-state index is 0.226. The molecule has 0 unspecified atom stereocenters. The van der Waals surface area contributed by atoms with Crippen molar-refractivity contribution >= 4 is 29.2 Å². The second-order valence-electron chi connectivity index (χ2n) is 1.44. The lowest BCUT2D eigenvalue weighted by atomic mass is 10.7. The molecule has 0 saturated carbocycles. The van der Waals surface area contributed by atoms with Gasteiger partial charge in [-0.3, -0.25) is 0 Å². The average molecular weight is 187 g/mol. The van der Waals surface area contributed by atoms with E-state index in [0.717, 1.165) is 0 Å². The fourth-order valence-electron chi connectivity index (χ4n) is 0.298. The zero-order valence-corrected chi connectivity index (χ0v) is 7.20. The van der Waals surface area contributed by atoms with Crippen molar-refractivity contribution in [3.8, 4) is 0 Å². The first-order valence-corrected chi connectivity index (χ1v) is 3.40. The molecule has 0 N–H and O–H groups in total. The molecule has 5 heteroatoms. The van der Waals surface area contributed by atoms with Gasteiger partial charge in [0.2, 0.25) is 0 Å². The van der Waals surface area contributed by atoms with Crippen molar-refractivity contribution in [1.29, 1.82) is 0 Å². The van der Waals surface area contributed by atoms with E-state index in [9.17, 15) is 4.79 Å². The molecule has 0 rings (SSSR count). The van der Waals surface area contributed by atoms with E-state index >= 15 is 0 Å². The molecule has 3 nitrogen and oxygen atoms in total. The highest BCUT2D eigenvalue weighted by Crippen LogP contribution is 2.22. The third-order valence-corrected chi connectivity index (χ3v) is 1.39. The Bertz CT molecular complexity index is 124. The minimum Gasteiger partial charge on any atom is -0.462 e. The Kier molecular flexibility index (Phi) is 4.01. The molecular formula is C5H8Cl2O3. The Morgan fingerprint density at radius 1 is 1.60 bits per heavy atom. The van der Waals surface area contributed by atoms with Gasteiger partial charge in [0.05, 0.1) is 6.61 Å². The third-order valence-electron chi connectivity index (χ3n) is 0.769. The van der Waals surface area contributed by atoms with Gasteiger partial charge in [-0.15, -0.1) is 0 Å². The van der Waals surface area contributed by atoms with Crippen LogP contribution in [0, 0.1) is 0 Å². The van der Waals surface area contributed by atoms with Gasteiger partial charge in [0, 0.05) is 7.11 Å². The summed E-state index contributed by atoms with van der Waals surface area (Å²) < 4.78 is 7.01. The summed E-state index contributed by atoms with van der Waals surface area (Å²) >= 11 is 10.6. The molecule has 0 radical (unpaired) electrons. The van der Waals surface area contributed by atoms with Crippen LogP contribution in [0.4, 0.5) is 0 Å². The van der Waals surface area contributed by atoms with Crippen LogP contribution >= 0.6 is 23.2 Å². The van der Waals surface area contributed by atoms with E-state index in [1.54, 1.807) is 6.92 Å². The molecule has 0 aliphatic carbocycles. The molecule has 0 aliphatic rings. The number of esters is 1. The van der Waals surface area contributed by atoms with Crippen molar-refractivity contribution < 1.29 is 14.3 Å². The molecule has 0 saturated heterocycles. The maximum Gasteiger partial charge on any atom is 0.371 e. The van der Waals surface area contributed by atoms with E-state index in [1.165, 1.54) is 7.11 Å². The normalized spacial score (nSPS) is 11.2. The Balaban J connectivity index is 3.91. The van der Waals surface area contributed by atoms with Gasteiger partial charge in [-0.2, -0.15) is 0 Å². The monoisotopic (exact) mass is 186 g/mol. The molecule has 0 atom stereocenters. The fourth-order valence-corrected chi connectivity index (χ4v) is 0.408. The summed E-state index contributed by atoms with van der Waals surface area (Å²) in [5, 5.41) is 0. The van der Waals surface area contributed by atoms with Gasteiger partial charge in [0.25, 0.3) is 0 Å². The van der Waals surface area contributed by atoms with E-state index in [1.807, 2.05) is 0 Å². The molecule has 0 aliphatic heterocycles. The smallest absolute Gasteiger partial charge is 0.371 e. The van der Waals surface area contributed by atoms with Crippen LogP contribution in [0.5, 0.6) is 0 Å². The average Bonchev–Trinajstić information content (AvgIpc) is 1.89. The maximum absolute atomic E-state index is 10.7. The zero-order chi connectivity index (χ0) is 8.20. The van der Waals surface area contributed by atoms with Gasteiger partial charge in [-0.05, 0) is 6.92 Å². The minimum atomic E-state index is -1.87. The molecule has 0 aromatic carbocycles. The van der Waals surface area contributed by atoms with E-state index in [0.29, 0.717) is 0 Å². The van der Waals surface area contributed by atoms with Crippen molar-refractivity contribution in [3.63, 3.8) is 0 Å². The van der Waals surface area contributed by atoms with Gasteiger partial charge in [0.15, 0.2) is 0 Å². The molecule has 0 amide bonds. The van der Waals surface area contributed by atoms with E-state index < -0.39 is 10.5 Å². The van der Waals surface area contributed by atoms with E-state index in [2.05, 4.69) is 9.47 Å². The Morgan fingerprint density at radius 3 is 2.40 bits per heavy atom. The van der Waals surface area contributed by atoms with Crippen molar-refractivity contribution in [2.24, 2.45) is 0 Å². The van der Waals surface area contributed by atoms with Crippen LogP contribution in [0.1, 0.15) is 6.92 Å². The van der Waals surface area contributed by atoms with Gasteiger partial charge >= 0.3 is 10.5 Å². The number of carbonyl (C=O) groups excluding carboxylic acids is 1. The molecule has 0 spiro atoms. The molecule has 0 fully saturated rings. The number of hydrogen-bond acceptors (Lipinski definition) is 3. The number of rotatable bonds is 3. The van der Waals surface area contributed by atoms with Gasteiger partial charge < -0.3 is 9.47 Å². The molecule has 60 valence electrons. The summed E-state index contributed by atoms with van der Waals surface area (Å²) in [5.41, 5.74) is 0. The van der Waals surface area contributed by atoms with Crippen molar-refractivity contribution in [3.05, 3.63) is 0 Å². The molecule has 0 heterocycles. The number of methoxy groups -OCH3 is 1. The lowest BCUT2D eigenvalue weighted by Gasteiger charge is -2.14. The van der Waals surface area contributed by atoms with Crippen LogP contribution in [0.2, 0.25) is 0 Å². The maximum atomic E-state index is 10.7. The summed E-state index contributed by atoms with van der Waals surface area (Å²) in [6.07, 6.45) is 0. The molecule has 0 bridgehead atoms. The number of ether oxygens (including phenoxy) is 2. The standard InChI is InChI=1S/C5H8Cl2O3/c1-3-10-4(8)5(6,7)9-2/h3H2,1-2H3. The van der Waals surface area contributed by atoms with Crippen LogP contribution in [0.3, 0.4) is 0 Å². The van der Waals surface area contributed by atoms with Gasteiger partial charge in [0.1, 0.15) is 0 Å². The first-order valence-electron chi connectivity index (χ1n) is 2.64. The largest absolute Gasteiger partial charge is 0.462 e. The topological polar surface area (TPSA) is 35.5 Å². The van der Waals surface area contributed by atoms with Crippen LogP contribution < -0.4 is 0 Å². The summed E-state index contributed by atoms with van der Waals surface area (Å²) in [7, 11) is 1.22. The highest BCUT2D eigenvalue weighted by molar-refractivity contribution is 6.56. The molecule has 0 aromatic rings. The predicted octanol–water partition coefficient (Wildman–Crippen LogP) is 1.33. The van der Waals surface area contributed by atoms with Crippen LogP contribution in [0.15, 0.2) is 0 Å². The second-order valence-corrected chi connectivity index (χ2v) is 2.70. The first kappa shape index (κ1) is 10.0. The number of hydrogen-bond donors (Lipinski definition) is 0. The van der Waals surface area contributed by atoms with E-state index in [4.69, 9.17) is 23.2 Å². The summed E-state index contributed by atoms with van der Waals surface area (Å²) in [6.45, 7) is 1.88. The Hall–Kier alpha value is 0.01000. The number of halogens is 2. The fraction of sp³-hybridized carbons (Fsp3) is 0.800. The quantitative estimate of drug-likeness (QED) is 0.493. The Morgan fingerprint density at radius 2 is 2.10 bits per heavy atom. The predicted molar refractivity (Wildman–Crippen MR) is 38.1 cm³/mol. The van der Waals surface area contributed by atoms with Crippen LogP contribution in [0.25, 0.3) is 0 Å². The summed E-state index contributed by atoms with van der Waals surface area (Å²) in [4.78, 5) is 10.7. The highest BCUT2D eigenvalue weighted by atomic mass is 35.5. The molecule has 0 aromatic heterocycles. The lowest BCUT2D eigenvalue weighted by molar-refractivity contribution is -0.152. The second kappa shape index (κ2) is 4.01. The molecular weight excluding hydrogens is 179 g/mol. The van der Waals surface area contributed by atoms with Crippen LogP contribution in [-0.4, -0.2) is 24.2 Å². The SMILES string of the molecule is CCOC(=O)C(Cl)(Cl)OC. The summed E-state index contributed by atoms with van der Waals surface area (Å²) in [6, 6.07) is 0.